The molecule has 0 aromatic heterocycles. The van der Waals surface area contributed by atoms with E-state index in [4.69, 9.17) is 21.3 Å². The summed E-state index contributed by atoms with van der Waals surface area (Å²) in [5, 5.41) is 4.43. The summed E-state index contributed by atoms with van der Waals surface area (Å²) in [5.41, 5.74) is 0.558. The number of nitrogens with one attached hydrogen (secondary N) is 1. The lowest BCUT2D eigenvalue weighted by molar-refractivity contribution is 0.0624. The summed E-state index contributed by atoms with van der Waals surface area (Å²) < 4.78 is 18.6. The molecule has 2 aliphatic rings. The fraction of sp³-hybridized carbons (Fsp3) is 0.462. The van der Waals surface area contributed by atoms with E-state index in [9.17, 15) is 4.39 Å². The Morgan fingerprint density at radius 3 is 2.95 bits per heavy atom. The van der Waals surface area contributed by atoms with E-state index in [1.54, 1.807) is 17.8 Å². The zero-order valence-electron chi connectivity index (χ0n) is 10.3. The number of halogens is 2. The van der Waals surface area contributed by atoms with E-state index in [2.05, 4.69) is 5.32 Å². The van der Waals surface area contributed by atoms with Crippen molar-refractivity contribution in [3.8, 4) is 0 Å². The van der Waals surface area contributed by atoms with Crippen LogP contribution in [0.1, 0.15) is 12.8 Å². The molecule has 1 fully saturated rings. The van der Waals surface area contributed by atoms with Crippen molar-refractivity contribution in [1.82, 2.24) is 0 Å². The van der Waals surface area contributed by atoms with E-state index >= 15 is 0 Å². The first kappa shape index (κ1) is 13.2. The number of amidine groups is 1. The van der Waals surface area contributed by atoms with Gasteiger partial charge in [-0.05, 0) is 31.0 Å². The molecule has 2 aliphatic heterocycles. The van der Waals surface area contributed by atoms with Gasteiger partial charge < -0.3 is 10.1 Å². The van der Waals surface area contributed by atoms with Crippen molar-refractivity contribution >= 4 is 34.2 Å². The van der Waals surface area contributed by atoms with E-state index in [1.807, 2.05) is 0 Å². The maximum Gasteiger partial charge on any atom is 0.161 e. The van der Waals surface area contributed by atoms with E-state index in [0.29, 0.717) is 10.7 Å². The van der Waals surface area contributed by atoms with E-state index in [0.717, 1.165) is 37.0 Å². The Labute approximate surface area is 120 Å². The third kappa shape index (κ3) is 2.88. The summed E-state index contributed by atoms with van der Waals surface area (Å²) in [4.78, 5) is 4.75. The van der Waals surface area contributed by atoms with E-state index in [-0.39, 0.29) is 11.4 Å². The third-order valence-electron chi connectivity index (χ3n) is 3.41. The molecule has 0 atom stereocenters. The first-order valence-electron chi connectivity index (χ1n) is 6.19. The summed E-state index contributed by atoms with van der Waals surface area (Å²) >= 11 is 7.70. The lowest BCUT2D eigenvalue weighted by atomic mass is 9.93. The SMILES string of the molecule is Fc1ccc(Cl)c(NC2=NC3(CCOCC3)CS2)c1. The highest BCUT2D eigenvalue weighted by Gasteiger charge is 2.37. The number of aliphatic imine (C=N–C) groups is 1. The maximum absolute atomic E-state index is 13.2. The first-order valence-corrected chi connectivity index (χ1v) is 7.56. The molecule has 0 aliphatic carbocycles. The Balaban J connectivity index is 1.77. The summed E-state index contributed by atoms with van der Waals surface area (Å²) in [7, 11) is 0. The second-order valence-corrected chi connectivity index (χ2v) is 6.16. The predicted molar refractivity (Wildman–Crippen MR) is 77.7 cm³/mol. The fourth-order valence-corrected chi connectivity index (χ4v) is 3.63. The Morgan fingerprint density at radius 1 is 1.37 bits per heavy atom. The number of benzene rings is 1. The Morgan fingerprint density at radius 2 is 2.16 bits per heavy atom. The van der Waals surface area contributed by atoms with Crippen LogP contribution < -0.4 is 5.32 Å². The van der Waals surface area contributed by atoms with Crippen LogP contribution in [-0.4, -0.2) is 29.7 Å². The Kier molecular flexibility index (Phi) is 3.69. The second kappa shape index (κ2) is 5.31. The van der Waals surface area contributed by atoms with Crippen LogP contribution >= 0.6 is 23.4 Å². The molecular weight excluding hydrogens is 287 g/mol. The van der Waals surface area contributed by atoms with Crippen molar-refractivity contribution in [2.24, 2.45) is 4.99 Å². The highest BCUT2D eigenvalue weighted by Crippen LogP contribution is 2.36. The fourth-order valence-electron chi connectivity index (χ4n) is 2.26. The number of hydrogen-bond donors (Lipinski definition) is 1. The summed E-state index contributed by atoms with van der Waals surface area (Å²) in [5.74, 6) is 0.641. The molecular formula is C13H14ClFN2OS. The third-order valence-corrected chi connectivity index (χ3v) is 4.89. The number of nitrogens with zero attached hydrogens (tertiary/aromatic N) is 1. The van der Waals surface area contributed by atoms with Gasteiger partial charge in [0, 0.05) is 19.0 Å². The molecule has 3 rings (SSSR count). The molecule has 102 valence electrons. The van der Waals surface area contributed by atoms with Crippen molar-refractivity contribution in [2.45, 2.75) is 18.4 Å². The predicted octanol–water partition coefficient (Wildman–Crippen LogP) is 3.54. The molecule has 2 heterocycles. The van der Waals surface area contributed by atoms with Crippen molar-refractivity contribution < 1.29 is 9.13 Å². The van der Waals surface area contributed by atoms with Crippen LogP contribution in [0.25, 0.3) is 0 Å². The highest BCUT2D eigenvalue weighted by molar-refractivity contribution is 8.14. The first-order chi connectivity index (χ1) is 9.17. The summed E-state index contributed by atoms with van der Waals surface area (Å²) in [6.45, 7) is 1.52. The smallest absolute Gasteiger partial charge is 0.161 e. The van der Waals surface area contributed by atoms with Crippen LogP contribution in [0, 0.1) is 5.82 Å². The van der Waals surface area contributed by atoms with E-state index in [1.165, 1.54) is 12.1 Å². The molecule has 6 heteroatoms. The number of thioether (sulfide) groups is 1. The van der Waals surface area contributed by atoms with Gasteiger partial charge in [0.2, 0.25) is 0 Å². The van der Waals surface area contributed by atoms with Gasteiger partial charge in [0.15, 0.2) is 5.17 Å². The van der Waals surface area contributed by atoms with Gasteiger partial charge in [-0.2, -0.15) is 0 Å². The maximum atomic E-state index is 13.2. The largest absolute Gasteiger partial charge is 0.381 e. The van der Waals surface area contributed by atoms with Gasteiger partial charge in [0.1, 0.15) is 5.82 Å². The second-order valence-electron chi connectivity index (χ2n) is 4.79. The molecule has 0 amide bonds. The van der Waals surface area contributed by atoms with Crippen LogP contribution in [-0.2, 0) is 4.74 Å². The topological polar surface area (TPSA) is 33.6 Å². The van der Waals surface area contributed by atoms with Gasteiger partial charge in [0.25, 0.3) is 0 Å². The lowest BCUT2D eigenvalue weighted by Crippen LogP contribution is -2.34. The zero-order valence-corrected chi connectivity index (χ0v) is 11.9. The average molecular weight is 301 g/mol. The van der Waals surface area contributed by atoms with Gasteiger partial charge in [0.05, 0.1) is 16.2 Å². The van der Waals surface area contributed by atoms with Crippen LogP contribution in [0.5, 0.6) is 0 Å². The van der Waals surface area contributed by atoms with Crippen molar-refractivity contribution in [1.29, 1.82) is 0 Å². The van der Waals surface area contributed by atoms with Crippen LogP contribution in [0.4, 0.5) is 10.1 Å². The van der Waals surface area contributed by atoms with Gasteiger partial charge >= 0.3 is 0 Å². The number of anilines is 1. The molecule has 1 N–H and O–H groups in total. The van der Waals surface area contributed by atoms with Crippen LogP contribution in [0.15, 0.2) is 23.2 Å². The monoisotopic (exact) mass is 300 g/mol. The minimum absolute atomic E-state index is 0.00888. The number of hydrogen-bond acceptors (Lipinski definition) is 4. The standard InChI is InChI=1S/C13H14ClFN2OS/c14-10-2-1-9(15)7-11(10)16-12-17-13(8-19-12)3-5-18-6-4-13/h1-2,7H,3-6,8H2,(H,16,17). The van der Waals surface area contributed by atoms with Crippen molar-refractivity contribution in [3.63, 3.8) is 0 Å². The van der Waals surface area contributed by atoms with Crippen molar-refractivity contribution in [3.05, 3.63) is 29.0 Å². The zero-order chi connectivity index (χ0) is 13.3. The quantitative estimate of drug-likeness (QED) is 0.861. The normalized spacial score (nSPS) is 21.5. The Hall–Kier alpha value is -0.780. The molecule has 0 bridgehead atoms. The van der Waals surface area contributed by atoms with Crippen LogP contribution in [0.2, 0.25) is 5.02 Å². The summed E-state index contributed by atoms with van der Waals surface area (Å²) in [6.07, 6.45) is 1.89. The molecule has 1 spiro atoms. The molecule has 0 unspecified atom stereocenters. The van der Waals surface area contributed by atoms with Gasteiger partial charge in [-0.3, -0.25) is 4.99 Å². The summed E-state index contributed by atoms with van der Waals surface area (Å²) in [6, 6.07) is 4.28. The number of ether oxygens (including phenoxy) is 1. The number of rotatable bonds is 1. The lowest BCUT2D eigenvalue weighted by Gasteiger charge is -2.29. The Bertz CT molecular complexity index is 517. The molecule has 1 saturated heterocycles. The van der Waals surface area contributed by atoms with Gasteiger partial charge in [-0.1, -0.05) is 23.4 Å². The minimum Gasteiger partial charge on any atom is -0.381 e. The van der Waals surface area contributed by atoms with Gasteiger partial charge in [-0.15, -0.1) is 0 Å². The molecule has 3 nitrogen and oxygen atoms in total. The highest BCUT2D eigenvalue weighted by atomic mass is 35.5. The molecule has 0 radical (unpaired) electrons. The molecule has 19 heavy (non-hydrogen) atoms. The van der Waals surface area contributed by atoms with E-state index < -0.39 is 0 Å². The molecule has 1 aromatic rings. The minimum atomic E-state index is -0.309. The molecule has 0 saturated carbocycles. The molecule has 1 aromatic carbocycles. The van der Waals surface area contributed by atoms with Crippen LogP contribution in [0.3, 0.4) is 0 Å². The van der Waals surface area contributed by atoms with Crippen molar-refractivity contribution in [2.75, 3.05) is 24.3 Å². The average Bonchev–Trinajstić information content (AvgIpc) is 2.78. The van der Waals surface area contributed by atoms with Gasteiger partial charge in [-0.25, -0.2) is 4.39 Å².